The molecule has 7 heavy (non-hydrogen) atoms. The molecule has 0 aromatic heterocycles. The summed E-state index contributed by atoms with van der Waals surface area (Å²) in [5.74, 6) is 0.746. The van der Waals surface area contributed by atoms with Gasteiger partial charge in [0.25, 0.3) is 0 Å². The minimum absolute atomic E-state index is 0.664. The van der Waals surface area contributed by atoms with Crippen LogP contribution in [0.1, 0.15) is 19.3 Å². The first-order valence-electron chi connectivity index (χ1n) is 2.46. The zero-order valence-corrected chi connectivity index (χ0v) is 5.17. The van der Waals surface area contributed by atoms with Crippen LogP contribution in [0.3, 0.4) is 0 Å². The molecule has 0 amide bonds. The molecule has 0 fully saturated rings. The smallest absolute Gasteiger partial charge is 0.0850 e. The Bertz CT molecular complexity index is 27.3. The van der Waals surface area contributed by atoms with Gasteiger partial charge in [-0.3, -0.25) is 12.0 Å². The molecule has 0 unspecified atom stereocenters. The molecular weight excluding hydrogens is 108 g/mol. The second-order valence-electron chi connectivity index (χ2n) is 1.38. The van der Waals surface area contributed by atoms with Crippen molar-refractivity contribution in [2.24, 2.45) is 0 Å². The van der Waals surface area contributed by atoms with Crippen molar-refractivity contribution in [1.82, 2.24) is 0 Å². The van der Waals surface area contributed by atoms with E-state index in [1.807, 2.05) is 0 Å². The van der Waals surface area contributed by atoms with Crippen molar-refractivity contribution < 1.29 is 4.55 Å². The zero-order chi connectivity index (χ0) is 5.54. The average molecular weight is 118 g/mol. The molecule has 0 radical (unpaired) electrons. The van der Waals surface area contributed by atoms with Gasteiger partial charge in [-0.05, 0) is 18.6 Å². The molecule has 0 spiro atoms. The Hall–Kier alpha value is 0.180. The predicted octanol–water partition coefficient (Wildman–Crippen LogP) is 1.85. The molecule has 0 aromatic rings. The van der Waals surface area contributed by atoms with E-state index in [0.717, 1.165) is 25.0 Å². The molecule has 0 saturated carbocycles. The van der Waals surface area contributed by atoms with E-state index in [-0.39, 0.29) is 0 Å². The fourth-order valence-electron chi connectivity index (χ4n) is 0.338. The number of hydrogen-bond acceptors (Lipinski definition) is 2. The third-order valence-corrected chi connectivity index (χ3v) is 1.18. The third kappa shape index (κ3) is 6.18. The van der Waals surface area contributed by atoms with E-state index in [1.54, 1.807) is 0 Å². The largest absolute Gasteiger partial charge is 0.799 e. The zero-order valence-electron chi connectivity index (χ0n) is 4.35. The molecule has 2 heteroatoms. The van der Waals surface area contributed by atoms with Crippen LogP contribution in [-0.4, -0.2) is 10.3 Å². The van der Waals surface area contributed by atoms with Gasteiger partial charge in [-0.2, -0.15) is 0 Å². The molecule has 0 bridgehead atoms. The second-order valence-corrected chi connectivity index (χ2v) is 2.03. The predicted molar refractivity (Wildman–Crippen MR) is 32.4 cm³/mol. The fraction of sp³-hybridized carbons (Fsp3) is 0.800. The van der Waals surface area contributed by atoms with Gasteiger partial charge in [0.05, 0.1) is 13.3 Å². The van der Waals surface area contributed by atoms with Crippen molar-refractivity contribution in [3.05, 3.63) is 6.92 Å². The molecule has 0 heterocycles. The maximum absolute atomic E-state index is 9.70. The van der Waals surface area contributed by atoms with Crippen LogP contribution in [0.5, 0.6) is 0 Å². The van der Waals surface area contributed by atoms with Crippen molar-refractivity contribution in [2.45, 2.75) is 19.3 Å². The first-order chi connectivity index (χ1) is 3.41. The van der Waals surface area contributed by atoms with Crippen LogP contribution < -0.4 is 0 Å². The van der Waals surface area contributed by atoms with Gasteiger partial charge in [-0.1, -0.05) is 0 Å². The lowest BCUT2D eigenvalue weighted by atomic mass is 10.3. The summed E-state index contributed by atoms with van der Waals surface area (Å²) in [5, 5.41) is 0. The van der Waals surface area contributed by atoms with Crippen LogP contribution in [0, 0.1) is 6.92 Å². The molecule has 0 atom stereocenters. The van der Waals surface area contributed by atoms with Crippen LogP contribution in [0.4, 0.5) is 0 Å². The van der Waals surface area contributed by atoms with Crippen LogP contribution in [0.15, 0.2) is 0 Å². The Morgan fingerprint density at radius 3 is 2.57 bits per heavy atom. The van der Waals surface area contributed by atoms with E-state index in [2.05, 4.69) is 6.92 Å². The summed E-state index contributed by atoms with van der Waals surface area (Å²) in [4.78, 5) is 0. The molecule has 42 valence electrons. The van der Waals surface area contributed by atoms with E-state index in [1.165, 1.54) is 0 Å². The van der Waals surface area contributed by atoms with E-state index < -0.39 is 0 Å². The summed E-state index contributed by atoms with van der Waals surface area (Å²) in [6, 6.07) is 0. The van der Waals surface area contributed by atoms with Crippen LogP contribution in [0.25, 0.3) is 0 Å². The Labute approximate surface area is 49.3 Å². The summed E-state index contributed by atoms with van der Waals surface area (Å²) >= 11 is 0.664. The van der Waals surface area contributed by atoms with E-state index in [0.29, 0.717) is 12.0 Å². The fourth-order valence-corrected chi connectivity index (χ4v) is 0.660. The van der Waals surface area contributed by atoms with E-state index in [4.69, 9.17) is 0 Å². The van der Waals surface area contributed by atoms with Gasteiger partial charge in [0, 0.05) is 0 Å². The number of unbranched alkanes of at least 4 members (excludes halogenated alkanes) is 2. The molecule has 0 saturated heterocycles. The molecule has 0 aromatic carbocycles. The van der Waals surface area contributed by atoms with Gasteiger partial charge in [-0.15, -0.1) is 0 Å². The summed E-state index contributed by atoms with van der Waals surface area (Å²) in [5.41, 5.74) is 0. The maximum atomic E-state index is 9.70. The molecule has 0 aliphatic carbocycles. The van der Waals surface area contributed by atoms with Crippen molar-refractivity contribution >= 4 is 12.0 Å². The lowest BCUT2D eigenvalue weighted by Gasteiger charge is -1.99. The standard InChI is InChI=1S/C5H10OS/c1-2-3-4-5-7-6/h1-5H2. The number of hydrogen-bond donors (Lipinski definition) is 0. The van der Waals surface area contributed by atoms with Crippen molar-refractivity contribution in [3.8, 4) is 0 Å². The minimum Gasteiger partial charge on any atom is -0.799 e. The summed E-state index contributed by atoms with van der Waals surface area (Å²) in [6.45, 7) is 3.65. The number of rotatable bonds is 4. The average Bonchev–Trinajstić information content (AvgIpc) is 1.69. The molecule has 0 aliphatic heterocycles. The second kappa shape index (κ2) is 6.18. The maximum Gasteiger partial charge on any atom is 0.0850 e. The normalized spacial score (nSPS) is 9.29. The SMILES string of the molecule is [CH2+]CCCCS[O-]. The highest BCUT2D eigenvalue weighted by Gasteiger charge is 1.81. The van der Waals surface area contributed by atoms with Gasteiger partial charge < -0.3 is 4.55 Å². The third-order valence-electron chi connectivity index (χ3n) is 0.728. The summed E-state index contributed by atoms with van der Waals surface area (Å²) in [7, 11) is 0. The molecule has 0 N–H and O–H groups in total. The van der Waals surface area contributed by atoms with E-state index in [9.17, 15) is 4.55 Å². The van der Waals surface area contributed by atoms with Crippen molar-refractivity contribution in [2.75, 3.05) is 5.75 Å². The Morgan fingerprint density at radius 2 is 2.14 bits per heavy atom. The molecular formula is C5H10OS. The Balaban J connectivity index is 2.45. The van der Waals surface area contributed by atoms with E-state index >= 15 is 0 Å². The first-order valence-corrected chi connectivity index (χ1v) is 3.37. The lowest BCUT2D eigenvalue weighted by Crippen LogP contribution is -1.75. The van der Waals surface area contributed by atoms with Gasteiger partial charge in [0.1, 0.15) is 0 Å². The monoisotopic (exact) mass is 118 g/mol. The van der Waals surface area contributed by atoms with Gasteiger partial charge in [0.15, 0.2) is 0 Å². The van der Waals surface area contributed by atoms with Crippen LogP contribution >= 0.6 is 12.0 Å². The highest BCUT2D eigenvalue weighted by molar-refractivity contribution is 7.93. The van der Waals surface area contributed by atoms with Crippen LogP contribution in [-0.2, 0) is 0 Å². The minimum atomic E-state index is 0.664. The first kappa shape index (κ1) is 7.18. The molecule has 1 nitrogen and oxygen atoms in total. The molecule has 0 aliphatic rings. The van der Waals surface area contributed by atoms with Gasteiger partial charge in [-0.25, -0.2) is 0 Å². The summed E-state index contributed by atoms with van der Waals surface area (Å²) in [6.07, 6.45) is 3.08. The van der Waals surface area contributed by atoms with Gasteiger partial charge in [0.2, 0.25) is 0 Å². The quantitative estimate of drug-likeness (QED) is 0.319. The Morgan fingerprint density at radius 1 is 1.43 bits per heavy atom. The summed E-state index contributed by atoms with van der Waals surface area (Å²) < 4.78 is 9.70. The highest BCUT2D eigenvalue weighted by atomic mass is 32.2. The Kier molecular flexibility index (Phi) is 6.34. The lowest BCUT2D eigenvalue weighted by molar-refractivity contribution is 0.615. The molecule has 0 rings (SSSR count). The van der Waals surface area contributed by atoms with Crippen LogP contribution in [0.2, 0.25) is 0 Å². The van der Waals surface area contributed by atoms with Crippen molar-refractivity contribution in [1.29, 1.82) is 0 Å². The topological polar surface area (TPSA) is 23.1 Å². The highest BCUT2D eigenvalue weighted by Crippen LogP contribution is 1.99. The van der Waals surface area contributed by atoms with Gasteiger partial charge >= 0.3 is 0 Å². The van der Waals surface area contributed by atoms with Crippen molar-refractivity contribution in [3.63, 3.8) is 0 Å².